The molecular weight excluding hydrogens is 202 g/mol. The van der Waals surface area contributed by atoms with Gasteiger partial charge in [0.2, 0.25) is 0 Å². The van der Waals surface area contributed by atoms with Gasteiger partial charge in [0.15, 0.2) is 0 Å². The van der Waals surface area contributed by atoms with E-state index in [1.54, 1.807) is 0 Å². The Morgan fingerprint density at radius 2 is 2.12 bits per heavy atom. The van der Waals surface area contributed by atoms with Crippen molar-refractivity contribution in [2.24, 2.45) is 0 Å². The first-order chi connectivity index (χ1) is 7.83. The fraction of sp³-hybridized carbons (Fsp3) is 0.333. The van der Waals surface area contributed by atoms with Crippen molar-refractivity contribution < 1.29 is 4.74 Å². The number of pyridine rings is 1. The number of ether oxygens (including phenoxy) is 1. The average Bonchev–Trinajstić information content (AvgIpc) is 2.64. The van der Waals surface area contributed by atoms with Gasteiger partial charge in [-0.05, 0) is 25.1 Å². The molecule has 0 unspecified atom stereocenters. The van der Waals surface area contributed by atoms with Crippen LogP contribution in [0.1, 0.15) is 11.7 Å². The quantitative estimate of drug-likeness (QED) is 0.767. The van der Waals surface area contributed by atoms with Crippen LogP contribution in [-0.2, 0) is 4.74 Å². The van der Waals surface area contributed by atoms with Gasteiger partial charge in [-0.2, -0.15) is 5.10 Å². The monoisotopic (exact) mass is 215 g/mol. The molecule has 1 aliphatic heterocycles. The fourth-order valence-corrected chi connectivity index (χ4v) is 1.74. The maximum absolute atomic E-state index is 5.15. The smallest absolute Gasteiger partial charge is 0.111 e. The largest absolute Gasteiger partial charge is 0.377 e. The molecule has 0 atom stereocenters. The van der Waals surface area contributed by atoms with E-state index in [0.717, 1.165) is 30.3 Å². The van der Waals surface area contributed by atoms with Crippen molar-refractivity contribution in [3.8, 4) is 11.4 Å². The number of rotatable bonds is 2. The van der Waals surface area contributed by atoms with Crippen molar-refractivity contribution >= 4 is 0 Å². The molecular formula is C12H13N3O. The van der Waals surface area contributed by atoms with Crippen LogP contribution in [0.5, 0.6) is 0 Å². The second-order valence-electron chi connectivity index (χ2n) is 4.04. The van der Waals surface area contributed by atoms with Gasteiger partial charge in [-0.25, -0.2) is 0 Å². The molecule has 0 aromatic carbocycles. The lowest BCUT2D eigenvalue weighted by molar-refractivity contribution is -0.0285. The highest BCUT2D eigenvalue weighted by atomic mass is 16.5. The Morgan fingerprint density at radius 3 is 2.81 bits per heavy atom. The van der Waals surface area contributed by atoms with Crippen molar-refractivity contribution in [1.29, 1.82) is 0 Å². The lowest BCUT2D eigenvalue weighted by Gasteiger charge is -2.25. The second kappa shape index (κ2) is 3.72. The van der Waals surface area contributed by atoms with Gasteiger partial charge in [0.1, 0.15) is 5.69 Å². The van der Waals surface area contributed by atoms with E-state index in [1.165, 1.54) is 0 Å². The van der Waals surface area contributed by atoms with Crippen LogP contribution < -0.4 is 0 Å². The Labute approximate surface area is 93.9 Å². The number of hydrogen-bond donors (Lipinski definition) is 0. The fourth-order valence-electron chi connectivity index (χ4n) is 1.74. The normalized spacial score (nSPS) is 16.1. The molecule has 2 aromatic heterocycles. The van der Waals surface area contributed by atoms with Gasteiger partial charge in [-0.15, -0.1) is 0 Å². The van der Waals surface area contributed by atoms with Crippen molar-refractivity contribution in [3.63, 3.8) is 0 Å². The molecule has 82 valence electrons. The van der Waals surface area contributed by atoms with Crippen molar-refractivity contribution in [1.82, 2.24) is 14.8 Å². The van der Waals surface area contributed by atoms with Crippen LogP contribution >= 0.6 is 0 Å². The molecule has 0 aliphatic carbocycles. The summed E-state index contributed by atoms with van der Waals surface area (Å²) in [5.41, 5.74) is 2.87. The molecule has 0 saturated carbocycles. The highest BCUT2D eigenvalue weighted by molar-refractivity contribution is 5.53. The van der Waals surface area contributed by atoms with E-state index >= 15 is 0 Å². The zero-order valence-corrected chi connectivity index (χ0v) is 9.13. The Hall–Kier alpha value is -1.68. The third-order valence-corrected chi connectivity index (χ3v) is 2.75. The Bertz CT molecular complexity index is 502. The summed E-state index contributed by atoms with van der Waals surface area (Å²) >= 11 is 0. The minimum Gasteiger partial charge on any atom is -0.377 e. The summed E-state index contributed by atoms with van der Waals surface area (Å²) in [6.07, 6.45) is 1.99. The Morgan fingerprint density at radius 1 is 1.25 bits per heavy atom. The number of aryl methyl sites for hydroxylation is 1. The van der Waals surface area contributed by atoms with Crippen LogP contribution in [0.15, 0.2) is 30.5 Å². The van der Waals surface area contributed by atoms with Gasteiger partial charge < -0.3 is 4.74 Å². The average molecular weight is 215 g/mol. The molecule has 0 radical (unpaired) electrons. The Balaban J connectivity index is 1.91. The first-order valence-corrected chi connectivity index (χ1v) is 5.40. The van der Waals surface area contributed by atoms with Crippen LogP contribution in [0, 0.1) is 6.92 Å². The highest BCUT2D eigenvalue weighted by Crippen LogP contribution is 2.20. The number of aromatic nitrogens is 3. The minimum atomic E-state index is 0.401. The number of hydrogen-bond acceptors (Lipinski definition) is 3. The van der Waals surface area contributed by atoms with Crippen LogP contribution in [-0.4, -0.2) is 28.0 Å². The highest BCUT2D eigenvalue weighted by Gasteiger charge is 2.21. The summed E-state index contributed by atoms with van der Waals surface area (Å²) in [5.74, 6) is 0. The van der Waals surface area contributed by atoms with E-state index in [0.29, 0.717) is 6.04 Å². The molecule has 1 aliphatic rings. The summed E-state index contributed by atoms with van der Waals surface area (Å²) in [6.45, 7) is 3.52. The van der Waals surface area contributed by atoms with E-state index in [2.05, 4.69) is 10.1 Å². The van der Waals surface area contributed by atoms with Gasteiger partial charge in [0.05, 0.1) is 24.9 Å². The van der Waals surface area contributed by atoms with Crippen molar-refractivity contribution in [2.45, 2.75) is 13.0 Å². The molecule has 0 bridgehead atoms. The van der Waals surface area contributed by atoms with E-state index in [9.17, 15) is 0 Å². The molecule has 0 amide bonds. The van der Waals surface area contributed by atoms with Crippen LogP contribution in [0.25, 0.3) is 11.4 Å². The lowest BCUT2D eigenvalue weighted by atomic mass is 10.2. The van der Waals surface area contributed by atoms with Crippen LogP contribution in [0.2, 0.25) is 0 Å². The SMILES string of the molecule is Cc1cccc(-c2ccn(C3COC3)n2)n1. The topological polar surface area (TPSA) is 39.9 Å². The molecule has 16 heavy (non-hydrogen) atoms. The van der Waals surface area contributed by atoms with Gasteiger partial charge in [-0.3, -0.25) is 9.67 Å². The van der Waals surface area contributed by atoms with E-state index in [1.807, 2.05) is 42.1 Å². The summed E-state index contributed by atoms with van der Waals surface area (Å²) < 4.78 is 7.11. The number of nitrogens with zero attached hydrogens (tertiary/aromatic N) is 3. The predicted molar refractivity (Wildman–Crippen MR) is 60.1 cm³/mol. The molecule has 4 heteroatoms. The molecule has 1 fully saturated rings. The molecule has 0 N–H and O–H groups in total. The molecule has 1 saturated heterocycles. The third kappa shape index (κ3) is 1.61. The molecule has 2 aromatic rings. The zero-order chi connectivity index (χ0) is 11.0. The molecule has 4 nitrogen and oxygen atoms in total. The standard InChI is InChI=1S/C12H13N3O/c1-9-3-2-4-11(13-9)12-5-6-15(14-12)10-7-16-8-10/h2-6,10H,7-8H2,1H3. The second-order valence-corrected chi connectivity index (χ2v) is 4.04. The maximum atomic E-state index is 5.15. The van der Waals surface area contributed by atoms with E-state index in [-0.39, 0.29) is 0 Å². The van der Waals surface area contributed by atoms with Crippen LogP contribution in [0.3, 0.4) is 0 Å². The Kier molecular flexibility index (Phi) is 2.22. The minimum absolute atomic E-state index is 0.401. The molecule has 3 rings (SSSR count). The summed E-state index contributed by atoms with van der Waals surface area (Å²) in [4.78, 5) is 4.45. The summed E-state index contributed by atoms with van der Waals surface area (Å²) in [7, 11) is 0. The molecule has 3 heterocycles. The first-order valence-electron chi connectivity index (χ1n) is 5.40. The van der Waals surface area contributed by atoms with E-state index < -0.39 is 0 Å². The lowest BCUT2D eigenvalue weighted by Crippen LogP contribution is -2.30. The van der Waals surface area contributed by atoms with E-state index in [4.69, 9.17) is 4.74 Å². The zero-order valence-electron chi connectivity index (χ0n) is 9.13. The van der Waals surface area contributed by atoms with Gasteiger partial charge in [0, 0.05) is 11.9 Å². The molecule has 0 spiro atoms. The van der Waals surface area contributed by atoms with Gasteiger partial charge in [0.25, 0.3) is 0 Å². The van der Waals surface area contributed by atoms with Gasteiger partial charge >= 0.3 is 0 Å². The van der Waals surface area contributed by atoms with Crippen LogP contribution in [0.4, 0.5) is 0 Å². The predicted octanol–water partition coefficient (Wildman–Crippen LogP) is 1.82. The van der Waals surface area contributed by atoms with Crippen molar-refractivity contribution in [3.05, 3.63) is 36.2 Å². The van der Waals surface area contributed by atoms with Crippen molar-refractivity contribution in [2.75, 3.05) is 13.2 Å². The first kappa shape index (κ1) is 9.54. The summed E-state index contributed by atoms with van der Waals surface area (Å²) in [6, 6.07) is 8.37. The third-order valence-electron chi connectivity index (χ3n) is 2.75. The van der Waals surface area contributed by atoms with Gasteiger partial charge in [-0.1, -0.05) is 6.07 Å². The maximum Gasteiger partial charge on any atom is 0.111 e. The summed E-state index contributed by atoms with van der Waals surface area (Å²) in [5, 5.41) is 4.52.